The number of anilines is 1. The van der Waals surface area contributed by atoms with Crippen LogP contribution < -0.4 is 11.1 Å². The number of β-lactam (4-membered cyclic amide) rings is 1. The van der Waals surface area contributed by atoms with Gasteiger partial charge in [0.05, 0.1) is 27.2 Å². The summed E-state index contributed by atoms with van der Waals surface area (Å²) in [6, 6.07) is -0.949. The molecule has 184 valence electrons. The number of oxime groups is 1. The number of hydrogen-bond acceptors (Lipinski definition) is 11. The van der Waals surface area contributed by atoms with Crippen molar-refractivity contribution in [2.24, 2.45) is 5.16 Å². The van der Waals surface area contributed by atoms with Gasteiger partial charge < -0.3 is 30.6 Å². The average molecular weight is 513 g/mol. The van der Waals surface area contributed by atoms with Crippen molar-refractivity contribution < 1.29 is 33.9 Å². The number of aliphatic hydroxyl groups excluding tert-OH is 1. The summed E-state index contributed by atoms with van der Waals surface area (Å²) in [7, 11) is 5.14. The smallest absolute Gasteiger partial charge is 0.352 e. The van der Waals surface area contributed by atoms with E-state index < -0.39 is 29.2 Å². The van der Waals surface area contributed by atoms with E-state index in [1.165, 1.54) is 23.8 Å². The molecule has 2 aliphatic heterocycles. The third-order valence-electron chi connectivity index (χ3n) is 5.16. The molecule has 0 bridgehead atoms. The molecular weight excluding hydrogens is 486 g/mol. The summed E-state index contributed by atoms with van der Waals surface area (Å²) in [5.41, 5.74) is 5.71. The van der Waals surface area contributed by atoms with Crippen molar-refractivity contribution in [3.8, 4) is 0 Å². The molecule has 0 aromatic carbocycles. The Labute approximate surface area is 203 Å². The number of thioether (sulfide) groups is 1. The van der Waals surface area contributed by atoms with E-state index in [0.29, 0.717) is 28.9 Å². The first-order valence-electron chi connectivity index (χ1n) is 10.1. The molecule has 0 spiro atoms. The highest BCUT2D eigenvalue weighted by Gasteiger charge is 2.54. The Morgan fingerprint density at radius 2 is 2.18 bits per heavy atom. The van der Waals surface area contributed by atoms with Crippen LogP contribution in [0.25, 0.3) is 0 Å². The average Bonchev–Trinajstić information content (AvgIpc) is 3.20. The number of carbonyl (C=O) groups is 3. The first-order chi connectivity index (χ1) is 16.1. The van der Waals surface area contributed by atoms with E-state index in [1.54, 1.807) is 6.08 Å². The number of carbonyl (C=O) groups excluding carboxylic acids is 2. The van der Waals surface area contributed by atoms with Gasteiger partial charge in [-0.1, -0.05) is 11.2 Å². The number of rotatable bonds is 10. The summed E-state index contributed by atoms with van der Waals surface area (Å²) in [6.45, 7) is 1.17. The number of aromatic nitrogens is 2. The minimum absolute atomic E-state index is 0.0390. The zero-order valence-corrected chi connectivity index (χ0v) is 20.4. The molecule has 13 nitrogen and oxygen atoms in total. The minimum atomic E-state index is -1.23. The molecule has 2 atom stereocenters. The molecule has 0 radical (unpaired) electrons. The summed E-state index contributed by atoms with van der Waals surface area (Å²) in [5.74, 6) is -2.21. The molecule has 2 amide bonds. The van der Waals surface area contributed by atoms with Crippen molar-refractivity contribution in [2.45, 2.75) is 11.4 Å². The Balaban J connectivity index is 1.75. The van der Waals surface area contributed by atoms with E-state index in [9.17, 15) is 19.5 Å². The maximum absolute atomic E-state index is 12.9. The second kappa shape index (κ2) is 10.5. The molecule has 1 aromatic rings. The Morgan fingerprint density at radius 3 is 2.76 bits per heavy atom. The number of nitrogen functional groups attached to an aromatic ring is 1. The van der Waals surface area contributed by atoms with Gasteiger partial charge in [0.25, 0.3) is 11.8 Å². The van der Waals surface area contributed by atoms with Gasteiger partial charge in [-0.15, -0.1) is 11.8 Å². The molecule has 0 unspecified atom stereocenters. The quantitative estimate of drug-likeness (QED) is 0.129. The van der Waals surface area contributed by atoms with Crippen LogP contribution in [0.15, 0.2) is 28.6 Å². The van der Waals surface area contributed by atoms with Gasteiger partial charge in [-0.25, -0.2) is 4.79 Å². The lowest BCUT2D eigenvalue weighted by atomic mass is 10.0. The van der Waals surface area contributed by atoms with Crippen LogP contribution in [0.2, 0.25) is 0 Å². The number of quaternary nitrogens is 1. The van der Waals surface area contributed by atoms with E-state index in [-0.39, 0.29) is 29.0 Å². The van der Waals surface area contributed by atoms with Crippen LogP contribution in [0, 0.1) is 0 Å². The number of carboxylic acid groups (broad SMARTS) is 1. The molecule has 2 aliphatic rings. The molecule has 0 aliphatic carbocycles. The lowest BCUT2D eigenvalue weighted by Gasteiger charge is -2.49. The van der Waals surface area contributed by atoms with Crippen LogP contribution in [0.4, 0.5) is 5.13 Å². The zero-order valence-electron chi connectivity index (χ0n) is 18.8. The summed E-state index contributed by atoms with van der Waals surface area (Å²) in [6.07, 6.45) is 3.53. The van der Waals surface area contributed by atoms with E-state index in [4.69, 9.17) is 15.7 Å². The number of aliphatic carboxylic acids is 1. The molecule has 1 saturated heterocycles. The van der Waals surface area contributed by atoms with Crippen LogP contribution >= 0.6 is 23.3 Å². The summed E-state index contributed by atoms with van der Waals surface area (Å²) >= 11 is 2.22. The highest BCUT2D eigenvalue weighted by molar-refractivity contribution is 8.00. The Morgan fingerprint density at radius 1 is 1.44 bits per heavy atom. The van der Waals surface area contributed by atoms with Gasteiger partial charge in [-0.05, 0) is 11.6 Å². The number of allylic oxidation sites excluding steroid dienone is 1. The second-order valence-electron chi connectivity index (χ2n) is 8.09. The van der Waals surface area contributed by atoms with E-state index in [1.807, 2.05) is 20.2 Å². The number of likely N-dealkylation sites (N-methyl/N-ethyl adjacent to an activating group) is 1. The Bertz CT molecular complexity index is 1070. The largest absolute Gasteiger partial charge is 0.477 e. The number of fused-ring (bicyclic) bond motifs is 1. The molecule has 1 fully saturated rings. The fourth-order valence-electron chi connectivity index (χ4n) is 3.43. The summed E-state index contributed by atoms with van der Waals surface area (Å²) in [4.78, 5) is 47.4. The standard InChI is InChI=1S/C19H25N7O6S2/c1-26(2,7-8-27)6-4-5-10-9-33-17-12(16(29)25(17)13(10)18(30)31)21-15(28)11(23-32-3)14-22-19(20)34-24-14/h4-5,12,17,27H,6-9H2,1-3H3,(H3-,20,21,22,24,28,30,31)/p+1/b5-4+,23-11-/t12-,17+/m1/s1. The Kier molecular flexibility index (Phi) is 7.91. The van der Waals surface area contributed by atoms with Crippen molar-refractivity contribution in [3.05, 3.63) is 29.2 Å². The third-order valence-corrected chi connectivity index (χ3v) is 7.01. The van der Waals surface area contributed by atoms with Gasteiger partial charge in [-0.3, -0.25) is 14.5 Å². The third kappa shape index (κ3) is 5.38. The minimum Gasteiger partial charge on any atom is -0.477 e. The summed E-state index contributed by atoms with van der Waals surface area (Å²) in [5, 5.41) is 24.7. The van der Waals surface area contributed by atoms with Crippen LogP contribution in [0.1, 0.15) is 5.82 Å². The van der Waals surface area contributed by atoms with E-state index in [2.05, 4.69) is 19.8 Å². The number of carboxylic acids is 1. The highest BCUT2D eigenvalue weighted by atomic mass is 32.2. The van der Waals surface area contributed by atoms with Crippen molar-refractivity contribution in [3.63, 3.8) is 0 Å². The predicted octanol–water partition coefficient (Wildman–Crippen LogP) is -1.17. The predicted molar refractivity (Wildman–Crippen MR) is 126 cm³/mol. The maximum atomic E-state index is 12.9. The van der Waals surface area contributed by atoms with Crippen LogP contribution in [-0.4, -0.2) is 111 Å². The first-order valence-corrected chi connectivity index (χ1v) is 11.9. The second-order valence-corrected chi connectivity index (χ2v) is 9.97. The van der Waals surface area contributed by atoms with Crippen molar-refractivity contribution in [1.29, 1.82) is 0 Å². The fraction of sp³-hybridized carbons (Fsp3) is 0.474. The van der Waals surface area contributed by atoms with Gasteiger partial charge >= 0.3 is 5.97 Å². The van der Waals surface area contributed by atoms with Gasteiger partial charge in [0.15, 0.2) is 5.13 Å². The molecule has 15 heteroatoms. The normalized spacial score (nSPS) is 20.9. The maximum Gasteiger partial charge on any atom is 0.352 e. The lowest BCUT2D eigenvalue weighted by molar-refractivity contribution is -0.884. The van der Waals surface area contributed by atoms with Crippen molar-refractivity contribution >= 4 is 51.9 Å². The number of aliphatic hydroxyl groups is 1. The number of nitrogens with zero attached hydrogens (tertiary/aromatic N) is 5. The number of nitrogens with one attached hydrogen (secondary N) is 1. The molecule has 3 heterocycles. The number of nitrogens with two attached hydrogens (primary N) is 1. The monoisotopic (exact) mass is 512 g/mol. The van der Waals surface area contributed by atoms with Crippen molar-refractivity contribution in [2.75, 3.05) is 52.4 Å². The van der Waals surface area contributed by atoms with E-state index in [0.717, 1.165) is 11.5 Å². The van der Waals surface area contributed by atoms with Gasteiger partial charge in [0.2, 0.25) is 11.5 Å². The fourth-order valence-corrected chi connectivity index (χ4v) is 5.18. The lowest BCUT2D eigenvalue weighted by Crippen LogP contribution is -2.71. The molecular formula is C19H26N7O6S2+. The molecule has 5 N–H and O–H groups in total. The zero-order chi connectivity index (χ0) is 25.0. The molecule has 1 aromatic heterocycles. The Hall–Kier alpha value is -3.01. The van der Waals surface area contributed by atoms with Crippen LogP contribution in [0.5, 0.6) is 0 Å². The molecule has 0 saturated carbocycles. The van der Waals surface area contributed by atoms with Crippen molar-refractivity contribution in [1.82, 2.24) is 19.6 Å². The molecule has 34 heavy (non-hydrogen) atoms. The van der Waals surface area contributed by atoms with Crippen LogP contribution in [-0.2, 0) is 19.2 Å². The van der Waals surface area contributed by atoms with Crippen LogP contribution in [0.3, 0.4) is 0 Å². The SMILES string of the molecule is CO/N=C(\C(=O)N[C@@H]1C(=O)N2C(C(=O)O)=C(/C=C/C[N+](C)(C)CCO)CS[C@@H]12)c1nsc(N)n1. The van der Waals surface area contributed by atoms with Gasteiger partial charge in [0.1, 0.15) is 30.8 Å². The first kappa shape index (κ1) is 25.6. The van der Waals surface area contributed by atoms with E-state index >= 15 is 0 Å². The number of amides is 2. The van der Waals surface area contributed by atoms with Gasteiger partial charge in [-0.2, -0.15) is 9.36 Å². The highest BCUT2D eigenvalue weighted by Crippen LogP contribution is 2.40. The van der Waals surface area contributed by atoms with Gasteiger partial charge in [0, 0.05) is 17.3 Å². The molecule has 3 rings (SSSR count). The summed E-state index contributed by atoms with van der Waals surface area (Å²) < 4.78 is 4.46. The number of hydrogen-bond donors (Lipinski definition) is 4. The topological polar surface area (TPSA) is 180 Å².